The summed E-state index contributed by atoms with van der Waals surface area (Å²) in [6.45, 7) is 3.90. The van der Waals surface area contributed by atoms with Gasteiger partial charge in [0.05, 0.1) is 14.2 Å². The minimum atomic E-state index is -0.522. The van der Waals surface area contributed by atoms with Crippen molar-refractivity contribution in [2.75, 3.05) is 14.2 Å². The van der Waals surface area contributed by atoms with Crippen molar-refractivity contribution in [3.63, 3.8) is 0 Å². The molecule has 0 atom stereocenters. The topological polar surface area (TPSA) is 93.7 Å². The SMILES string of the molecule is COc1cc(OC)cc(C(=O)NNC(=O)CCC(=O)c2ccc(C)c(C)c2)c1. The number of benzene rings is 2. The Hall–Kier alpha value is -3.35. The lowest BCUT2D eigenvalue weighted by atomic mass is 10.0. The van der Waals surface area contributed by atoms with E-state index in [0.29, 0.717) is 17.1 Å². The average Bonchev–Trinajstić information content (AvgIpc) is 2.71. The van der Waals surface area contributed by atoms with Crippen molar-refractivity contribution in [1.82, 2.24) is 10.9 Å². The minimum Gasteiger partial charge on any atom is -0.497 e. The van der Waals surface area contributed by atoms with Crippen molar-refractivity contribution in [3.05, 3.63) is 58.7 Å². The zero-order chi connectivity index (χ0) is 20.7. The first-order valence-corrected chi connectivity index (χ1v) is 8.76. The first-order valence-electron chi connectivity index (χ1n) is 8.76. The molecule has 28 heavy (non-hydrogen) atoms. The number of carbonyl (C=O) groups is 3. The molecule has 2 N–H and O–H groups in total. The van der Waals surface area contributed by atoms with E-state index in [-0.39, 0.29) is 24.2 Å². The lowest BCUT2D eigenvalue weighted by Gasteiger charge is -2.10. The zero-order valence-corrected chi connectivity index (χ0v) is 16.4. The van der Waals surface area contributed by atoms with Gasteiger partial charge in [-0.2, -0.15) is 0 Å². The number of methoxy groups -OCH3 is 2. The summed E-state index contributed by atoms with van der Waals surface area (Å²) in [5, 5.41) is 0. The van der Waals surface area contributed by atoms with Gasteiger partial charge < -0.3 is 9.47 Å². The van der Waals surface area contributed by atoms with Crippen LogP contribution in [0.25, 0.3) is 0 Å². The van der Waals surface area contributed by atoms with Gasteiger partial charge in [-0.15, -0.1) is 0 Å². The van der Waals surface area contributed by atoms with E-state index in [9.17, 15) is 14.4 Å². The Balaban J connectivity index is 1.87. The molecule has 2 rings (SSSR count). The highest BCUT2D eigenvalue weighted by molar-refractivity contribution is 5.99. The van der Waals surface area contributed by atoms with E-state index in [2.05, 4.69) is 10.9 Å². The maximum absolute atomic E-state index is 12.2. The van der Waals surface area contributed by atoms with Gasteiger partial charge in [0.25, 0.3) is 5.91 Å². The number of hydrogen-bond acceptors (Lipinski definition) is 5. The zero-order valence-electron chi connectivity index (χ0n) is 16.4. The van der Waals surface area contributed by atoms with Crippen molar-refractivity contribution >= 4 is 17.6 Å². The van der Waals surface area contributed by atoms with E-state index in [4.69, 9.17) is 9.47 Å². The highest BCUT2D eigenvalue weighted by Gasteiger charge is 2.13. The molecule has 2 aromatic carbocycles. The molecule has 0 unspecified atom stereocenters. The summed E-state index contributed by atoms with van der Waals surface area (Å²) < 4.78 is 10.2. The molecule has 0 spiro atoms. The van der Waals surface area contributed by atoms with Crippen LogP contribution in [0.5, 0.6) is 11.5 Å². The highest BCUT2D eigenvalue weighted by Crippen LogP contribution is 2.22. The molecule has 0 aromatic heterocycles. The van der Waals surface area contributed by atoms with Crippen LogP contribution in [-0.2, 0) is 4.79 Å². The first kappa shape index (κ1) is 21.0. The van der Waals surface area contributed by atoms with Crippen LogP contribution >= 0.6 is 0 Å². The fourth-order valence-electron chi connectivity index (χ4n) is 2.49. The van der Waals surface area contributed by atoms with Crippen LogP contribution in [0.4, 0.5) is 0 Å². The number of aryl methyl sites for hydroxylation is 2. The number of rotatable bonds is 7. The van der Waals surface area contributed by atoms with E-state index in [1.807, 2.05) is 26.0 Å². The van der Waals surface area contributed by atoms with Gasteiger partial charge in [-0.1, -0.05) is 12.1 Å². The largest absolute Gasteiger partial charge is 0.497 e. The molecule has 2 aromatic rings. The molecule has 0 fully saturated rings. The highest BCUT2D eigenvalue weighted by atomic mass is 16.5. The molecular weight excluding hydrogens is 360 g/mol. The maximum Gasteiger partial charge on any atom is 0.269 e. The van der Waals surface area contributed by atoms with E-state index < -0.39 is 11.8 Å². The Bertz CT molecular complexity index is 870. The number of nitrogens with one attached hydrogen (secondary N) is 2. The normalized spacial score (nSPS) is 10.1. The molecular formula is C21H24N2O5. The Morgan fingerprint density at radius 3 is 2.00 bits per heavy atom. The Morgan fingerprint density at radius 1 is 0.786 bits per heavy atom. The Labute approximate surface area is 164 Å². The fourth-order valence-corrected chi connectivity index (χ4v) is 2.49. The van der Waals surface area contributed by atoms with Crippen molar-refractivity contribution in [3.8, 4) is 11.5 Å². The minimum absolute atomic E-state index is 0.0343. The van der Waals surface area contributed by atoms with E-state index >= 15 is 0 Å². The molecule has 0 heterocycles. The van der Waals surface area contributed by atoms with E-state index in [1.54, 1.807) is 12.1 Å². The van der Waals surface area contributed by atoms with Gasteiger partial charge in [-0.05, 0) is 43.2 Å². The van der Waals surface area contributed by atoms with Gasteiger partial charge >= 0.3 is 0 Å². The number of Topliss-reactive ketones (excluding diaryl/α,β-unsaturated/α-hetero) is 1. The van der Waals surface area contributed by atoms with Gasteiger partial charge in [-0.3, -0.25) is 25.2 Å². The molecule has 0 saturated carbocycles. The van der Waals surface area contributed by atoms with Gasteiger partial charge in [0, 0.05) is 30.0 Å². The van der Waals surface area contributed by atoms with E-state index in [0.717, 1.165) is 11.1 Å². The van der Waals surface area contributed by atoms with Gasteiger partial charge in [0.15, 0.2) is 5.78 Å². The summed E-state index contributed by atoms with van der Waals surface area (Å²) in [6, 6.07) is 10.1. The Kier molecular flexibility index (Phi) is 7.14. The molecule has 148 valence electrons. The van der Waals surface area contributed by atoms with Crippen LogP contribution in [0, 0.1) is 13.8 Å². The number of amides is 2. The van der Waals surface area contributed by atoms with Crippen LogP contribution in [0.15, 0.2) is 36.4 Å². The standard InChI is InChI=1S/C21H24N2O5/c1-13-5-6-15(9-14(13)2)19(24)7-8-20(25)22-23-21(26)16-10-17(27-3)12-18(11-16)28-4/h5-6,9-12H,7-8H2,1-4H3,(H,22,25)(H,23,26). The quantitative estimate of drug-likeness (QED) is 0.566. The van der Waals surface area contributed by atoms with Crippen molar-refractivity contribution in [1.29, 1.82) is 0 Å². The van der Waals surface area contributed by atoms with Crippen molar-refractivity contribution < 1.29 is 23.9 Å². The summed E-state index contributed by atoms with van der Waals surface area (Å²) in [5.74, 6) is -0.196. The molecule has 0 aliphatic rings. The lowest BCUT2D eigenvalue weighted by molar-refractivity contribution is -0.121. The summed E-state index contributed by atoms with van der Waals surface area (Å²) >= 11 is 0. The molecule has 0 aliphatic carbocycles. The van der Waals surface area contributed by atoms with Crippen molar-refractivity contribution in [2.24, 2.45) is 0 Å². The molecule has 7 heteroatoms. The number of hydrogen-bond donors (Lipinski definition) is 2. The number of ether oxygens (including phenoxy) is 2. The van der Waals surface area contributed by atoms with Gasteiger partial charge in [0.1, 0.15) is 11.5 Å². The predicted octanol–water partition coefficient (Wildman–Crippen LogP) is 2.74. The summed E-state index contributed by atoms with van der Waals surface area (Å²) in [6.07, 6.45) is 0.0185. The summed E-state index contributed by atoms with van der Waals surface area (Å²) in [4.78, 5) is 36.4. The Morgan fingerprint density at radius 2 is 1.43 bits per heavy atom. The van der Waals surface area contributed by atoms with Gasteiger partial charge in [-0.25, -0.2) is 0 Å². The smallest absolute Gasteiger partial charge is 0.269 e. The second kappa shape index (κ2) is 9.55. The molecule has 7 nitrogen and oxygen atoms in total. The lowest BCUT2D eigenvalue weighted by Crippen LogP contribution is -2.41. The monoisotopic (exact) mass is 384 g/mol. The van der Waals surface area contributed by atoms with Crippen LogP contribution in [0.1, 0.15) is 44.7 Å². The van der Waals surface area contributed by atoms with Crippen LogP contribution in [-0.4, -0.2) is 31.8 Å². The fraction of sp³-hybridized carbons (Fsp3) is 0.286. The maximum atomic E-state index is 12.2. The average molecular weight is 384 g/mol. The molecule has 2 amide bonds. The second-order valence-corrected chi connectivity index (χ2v) is 6.33. The van der Waals surface area contributed by atoms with Crippen molar-refractivity contribution in [2.45, 2.75) is 26.7 Å². The van der Waals surface area contributed by atoms with Crippen LogP contribution < -0.4 is 20.3 Å². The number of ketones is 1. The predicted molar refractivity (Wildman–Crippen MR) is 105 cm³/mol. The molecule has 0 aliphatic heterocycles. The van der Waals surface area contributed by atoms with Crippen LogP contribution in [0.3, 0.4) is 0 Å². The third-order valence-corrected chi connectivity index (χ3v) is 4.34. The summed E-state index contributed by atoms with van der Waals surface area (Å²) in [7, 11) is 2.95. The molecule has 0 saturated heterocycles. The third kappa shape index (κ3) is 5.57. The van der Waals surface area contributed by atoms with Crippen LogP contribution in [0.2, 0.25) is 0 Å². The number of hydrazine groups is 1. The summed E-state index contributed by atoms with van der Waals surface area (Å²) in [5.41, 5.74) is 7.60. The van der Waals surface area contributed by atoms with E-state index in [1.165, 1.54) is 26.4 Å². The molecule has 0 radical (unpaired) electrons. The third-order valence-electron chi connectivity index (χ3n) is 4.34. The second-order valence-electron chi connectivity index (χ2n) is 6.33. The first-order chi connectivity index (χ1) is 13.3. The van der Waals surface area contributed by atoms with Gasteiger partial charge in [0.2, 0.25) is 5.91 Å². The number of carbonyl (C=O) groups excluding carboxylic acids is 3. The molecule has 0 bridgehead atoms.